The Morgan fingerprint density at radius 1 is 0.967 bits per heavy atom. The number of carbonyl (C=O) groups excluding carboxylic acids is 1. The Bertz CT molecular complexity index is 989. The zero-order chi connectivity index (χ0) is 20.9. The van der Waals surface area contributed by atoms with Crippen LogP contribution >= 0.6 is 0 Å². The molecule has 30 heavy (non-hydrogen) atoms. The summed E-state index contributed by atoms with van der Waals surface area (Å²) in [5.74, 6) is -0.244. The summed E-state index contributed by atoms with van der Waals surface area (Å²) in [5, 5.41) is 0. The van der Waals surface area contributed by atoms with Crippen LogP contribution in [-0.4, -0.2) is 28.9 Å². The van der Waals surface area contributed by atoms with Crippen molar-refractivity contribution in [2.24, 2.45) is 0 Å². The molecule has 3 aromatic rings. The summed E-state index contributed by atoms with van der Waals surface area (Å²) in [6.07, 6.45) is 4.25. The van der Waals surface area contributed by atoms with Gasteiger partial charge in [0.2, 0.25) is 0 Å². The lowest BCUT2D eigenvalue weighted by molar-refractivity contribution is -0.134. The predicted molar refractivity (Wildman–Crippen MR) is 109 cm³/mol. The Hall–Kier alpha value is -3.28. The molecule has 1 fully saturated rings. The van der Waals surface area contributed by atoms with Gasteiger partial charge in [0.1, 0.15) is 17.4 Å². The van der Waals surface area contributed by atoms with E-state index in [-0.39, 0.29) is 30.2 Å². The fraction of sp³-hybridized carbons (Fsp3) is 0.250. The summed E-state index contributed by atoms with van der Waals surface area (Å²) in [4.78, 5) is 19.1. The van der Waals surface area contributed by atoms with Gasteiger partial charge in [0, 0.05) is 12.7 Å². The first-order valence-electron chi connectivity index (χ1n) is 9.95. The highest BCUT2D eigenvalue weighted by Gasteiger charge is 2.31. The minimum atomic E-state index is -0.345. The Kier molecular flexibility index (Phi) is 6.02. The highest BCUT2D eigenvalue weighted by Crippen LogP contribution is 2.31. The molecule has 1 aliphatic rings. The molecule has 1 saturated heterocycles. The molecule has 1 atom stereocenters. The lowest BCUT2D eigenvalue weighted by atomic mass is 10.0. The molecule has 1 unspecified atom stereocenters. The molecule has 0 bridgehead atoms. The van der Waals surface area contributed by atoms with Crippen molar-refractivity contribution < 1.29 is 18.3 Å². The van der Waals surface area contributed by atoms with Crippen molar-refractivity contribution in [2.45, 2.75) is 25.3 Å². The van der Waals surface area contributed by atoms with Crippen molar-refractivity contribution >= 4 is 5.91 Å². The molecular formula is C24H22F2N2O2. The highest BCUT2D eigenvalue weighted by molar-refractivity contribution is 5.78. The Morgan fingerprint density at radius 2 is 1.63 bits per heavy atom. The van der Waals surface area contributed by atoms with Gasteiger partial charge < -0.3 is 9.64 Å². The second-order valence-corrected chi connectivity index (χ2v) is 7.38. The molecule has 0 saturated carbocycles. The number of ether oxygens (including phenoxy) is 1. The quantitative estimate of drug-likeness (QED) is 0.594. The minimum absolute atomic E-state index is 0.0748. The zero-order valence-corrected chi connectivity index (χ0v) is 16.4. The molecule has 6 heteroatoms. The average molecular weight is 408 g/mol. The van der Waals surface area contributed by atoms with Crippen LogP contribution in [0.2, 0.25) is 0 Å². The molecule has 1 aliphatic heterocycles. The maximum absolute atomic E-state index is 13.1. The van der Waals surface area contributed by atoms with Gasteiger partial charge >= 0.3 is 0 Å². The molecule has 0 spiro atoms. The Labute approximate surface area is 174 Å². The van der Waals surface area contributed by atoms with E-state index < -0.39 is 0 Å². The lowest BCUT2D eigenvalue weighted by Crippen LogP contribution is -2.34. The minimum Gasteiger partial charge on any atom is -0.484 e. The van der Waals surface area contributed by atoms with E-state index in [9.17, 15) is 13.6 Å². The number of amides is 1. The zero-order valence-electron chi connectivity index (χ0n) is 16.4. The second-order valence-electron chi connectivity index (χ2n) is 7.38. The molecule has 2 heterocycles. The number of carbonyl (C=O) groups is 1. The van der Waals surface area contributed by atoms with Crippen LogP contribution in [-0.2, 0) is 11.2 Å². The third-order valence-electron chi connectivity index (χ3n) is 5.26. The summed E-state index contributed by atoms with van der Waals surface area (Å²) >= 11 is 0. The van der Waals surface area contributed by atoms with Crippen LogP contribution in [0, 0.1) is 11.6 Å². The van der Waals surface area contributed by atoms with Gasteiger partial charge in [-0.2, -0.15) is 0 Å². The van der Waals surface area contributed by atoms with Gasteiger partial charge in [-0.1, -0.05) is 18.2 Å². The van der Waals surface area contributed by atoms with Gasteiger partial charge in [-0.3, -0.25) is 9.78 Å². The summed E-state index contributed by atoms with van der Waals surface area (Å²) in [5.41, 5.74) is 2.90. The Morgan fingerprint density at radius 3 is 2.30 bits per heavy atom. The normalized spacial score (nSPS) is 15.9. The van der Waals surface area contributed by atoms with Crippen molar-refractivity contribution in [3.05, 3.63) is 95.3 Å². The molecule has 4 rings (SSSR count). The first-order valence-corrected chi connectivity index (χ1v) is 9.95. The topological polar surface area (TPSA) is 42.4 Å². The van der Waals surface area contributed by atoms with E-state index in [2.05, 4.69) is 4.98 Å². The highest BCUT2D eigenvalue weighted by atomic mass is 19.1. The molecule has 4 nitrogen and oxygen atoms in total. The van der Waals surface area contributed by atoms with Crippen molar-refractivity contribution in [3.63, 3.8) is 0 Å². The summed E-state index contributed by atoms with van der Waals surface area (Å²) in [6.45, 7) is 0.570. The predicted octanol–water partition coefficient (Wildman–Crippen LogP) is 4.69. The van der Waals surface area contributed by atoms with Crippen molar-refractivity contribution in [1.29, 1.82) is 0 Å². The van der Waals surface area contributed by atoms with Crippen molar-refractivity contribution in [1.82, 2.24) is 9.88 Å². The van der Waals surface area contributed by atoms with E-state index in [0.29, 0.717) is 18.7 Å². The monoisotopic (exact) mass is 408 g/mol. The first kappa shape index (κ1) is 20.0. The van der Waals surface area contributed by atoms with Gasteiger partial charge in [0.05, 0.1) is 11.7 Å². The summed E-state index contributed by atoms with van der Waals surface area (Å²) in [7, 11) is 0. The number of aromatic nitrogens is 1. The standard InChI is InChI=1S/C24H22F2N2O2/c25-19-6-3-17(4-7-19)14-18-5-12-22(27-15-18)23-2-1-13-28(23)24(29)16-30-21-10-8-20(26)9-11-21/h3-12,15,23H,1-2,13-14,16H2. The van der Waals surface area contributed by atoms with E-state index in [1.54, 1.807) is 17.0 Å². The fourth-order valence-electron chi connectivity index (χ4n) is 3.71. The van der Waals surface area contributed by atoms with Crippen molar-refractivity contribution in [3.8, 4) is 5.75 Å². The van der Waals surface area contributed by atoms with Gasteiger partial charge in [0.15, 0.2) is 6.61 Å². The molecule has 1 aromatic heterocycles. The van der Waals surface area contributed by atoms with Crippen LogP contribution in [0.1, 0.15) is 35.7 Å². The maximum Gasteiger partial charge on any atom is 0.261 e. The van der Waals surface area contributed by atoms with E-state index in [4.69, 9.17) is 4.74 Å². The van der Waals surface area contributed by atoms with Crippen molar-refractivity contribution in [2.75, 3.05) is 13.2 Å². The maximum atomic E-state index is 13.1. The number of pyridine rings is 1. The second kappa shape index (κ2) is 9.03. The van der Waals surface area contributed by atoms with Crippen LogP contribution in [0.3, 0.4) is 0 Å². The fourth-order valence-corrected chi connectivity index (χ4v) is 3.71. The molecule has 154 valence electrons. The largest absolute Gasteiger partial charge is 0.484 e. The molecular weight excluding hydrogens is 386 g/mol. The van der Waals surface area contributed by atoms with E-state index in [0.717, 1.165) is 29.7 Å². The van der Waals surface area contributed by atoms with E-state index in [1.807, 2.05) is 18.3 Å². The van der Waals surface area contributed by atoms with Crippen LogP contribution in [0.15, 0.2) is 66.9 Å². The number of halogens is 2. The average Bonchev–Trinajstić information content (AvgIpc) is 3.25. The summed E-state index contributed by atoms with van der Waals surface area (Å²) < 4.78 is 31.5. The molecule has 0 aliphatic carbocycles. The Balaban J connectivity index is 1.38. The molecule has 0 radical (unpaired) electrons. The number of hydrogen-bond acceptors (Lipinski definition) is 3. The first-order chi connectivity index (χ1) is 14.6. The van der Waals surface area contributed by atoms with Gasteiger partial charge in [0.25, 0.3) is 5.91 Å². The third-order valence-corrected chi connectivity index (χ3v) is 5.26. The van der Waals surface area contributed by atoms with Gasteiger partial charge in [-0.25, -0.2) is 8.78 Å². The number of hydrogen-bond donors (Lipinski definition) is 0. The van der Waals surface area contributed by atoms with E-state index in [1.165, 1.54) is 36.4 Å². The van der Waals surface area contributed by atoms with Gasteiger partial charge in [-0.15, -0.1) is 0 Å². The smallest absolute Gasteiger partial charge is 0.261 e. The number of benzene rings is 2. The molecule has 1 amide bonds. The number of likely N-dealkylation sites (tertiary alicyclic amines) is 1. The third kappa shape index (κ3) is 4.82. The summed E-state index contributed by atoms with van der Waals surface area (Å²) in [6, 6.07) is 15.9. The molecule has 0 N–H and O–H groups in total. The molecule has 2 aromatic carbocycles. The van der Waals surface area contributed by atoms with Crippen LogP contribution < -0.4 is 4.74 Å². The van der Waals surface area contributed by atoms with Crippen LogP contribution in [0.4, 0.5) is 8.78 Å². The van der Waals surface area contributed by atoms with Crippen LogP contribution in [0.25, 0.3) is 0 Å². The number of nitrogens with zero attached hydrogens (tertiary/aromatic N) is 2. The van der Waals surface area contributed by atoms with E-state index >= 15 is 0 Å². The van der Waals surface area contributed by atoms with Gasteiger partial charge in [-0.05, 0) is 72.9 Å². The number of rotatable bonds is 6. The van der Waals surface area contributed by atoms with Crippen LogP contribution in [0.5, 0.6) is 5.75 Å². The lowest BCUT2D eigenvalue weighted by Gasteiger charge is -2.24. The SMILES string of the molecule is O=C(COc1ccc(F)cc1)N1CCCC1c1ccc(Cc2ccc(F)cc2)cn1.